The second-order valence-electron chi connectivity index (χ2n) is 3.75. The molecule has 1 heterocycles. The van der Waals surface area contributed by atoms with Crippen LogP contribution in [0, 0.1) is 5.92 Å². The van der Waals surface area contributed by atoms with E-state index >= 15 is 0 Å². The fourth-order valence-electron chi connectivity index (χ4n) is 1.54. The van der Waals surface area contributed by atoms with Crippen molar-refractivity contribution in [3.05, 3.63) is 36.4 Å². The molecule has 1 aliphatic carbocycles. The quantitative estimate of drug-likeness (QED) is 0.724. The fourth-order valence-corrected chi connectivity index (χ4v) is 2.56. The lowest BCUT2D eigenvalue weighted by atomic mass is 9.99. The summed E-state index contributed by atoms with van der Waals surface area (Å²) in [6, 6.07) is 0. The minimum Gasteiger partial charge on any atom is -0.481 e. The zero-order valence-electron chi connectivity index (χ0n) is 9.20. The first-order valence-electron chi connectivity index (χ1n) is 5.10. The van der Waals surface area contributed by atoms with E-state index in [1.807, 2.05) is 0 Å². The Balaban J connectivity index is 2.14. The summed E-state index contributed by atoms with van der Waals surface area (Å²) in [5, 5.41) is 8.80. The van der Waals surface area contributed by atoms with Gasteiger partial charge in [-0.1, -0.05) is 12.2 Å². The third kappa shape index (κ3) is 2.59. The van der Waals surface area contributed by atoms with E-state index in [0.29, 0.717) is 5.70 Å². The molecule has 0 radical (unpaired) electrons. The van der Waals surface area contributed by atoms with Crippen LogP contribution in [0.4, 0.5) is 0 Å². The molecule has 1 unspecified atom stereocenters. The minimum absolute atomic E-state index is 0.0650. The van der Waals surface area contributed by atoms with Crippen LogP contribution in [0.2, 0.25) is 0 Å². The summed E-state index contributed by atoms with van der Waals surface area (Å²) < 4.78 is 26.0. The predicted octanol–water partition coefficient (Wildman–Crippen LogP) is 0.233. The topological polar surface area (TPSA) is 112 Å². The van der Waals surface area contributed by atoms with Gasteiger partial charge in [-0.25, -0.2) is 4.98 Å². The summed E-state index contributed by atoms with van der Waals surface area (Å²) in [6.07, 6.45) is 7.11. The Bertz CT molecular complexity index is 601. The van der Waals surface area contributed by atoms with Crippen LogP contribution < -0.4 is 4.72 Å². The van der Waals surface area contributed by atoms with Gasteiger partial charge in [0.1, 0.15) is 0 Å². The average molecular weight is 269 g/mol. The summed E-state index contributed by atoms with van der Waals surface area (Å²) in [5.74, 6) is -1.70. The monoisotopic (exact) mass is 269 g/mol. The molecule has 7 nitrogen and oxygen atoms in total. The van der Waals surface area contributed by atoms with Gasteiger partial charge in [-0.05, 0) is 6.08 Å². The lowest BCUT2D eigenvalue weighted by Gasteiger charge is -2.16. The number of carboxylic acid groups (broad SMARTS) is 1. The normalized spacial score (nSPS) is 19.3. The van der Waals surface area contributed by atoms with Crippen molar-refractivity contribution in [2.45, 2.75) is 11.4 Å². The van der Waals surface area contributed by atoms with Crippen molar-refractivity contribution in [1.82, 2.24) is 14.7 Å². The number of carboxylic acids is 1. The molecule has 96 valence electrons. The summed E-state index contributed by atoms with van der Waals surface area (Å²) in [4.78, 5) is 16.9. The molecule has 1 aromatic heterocycles. The maximum atomic E-state index is 11.8. The van der Waals surface area contributed by atoms with Gasteiger partial charge in [0, 0.05) is 12.1 Å². The van der Waals surface area contributed by atoms with Crippen molar-refractivity contribution >= 4 is 16.0 Å². The molecular weight excluding hydrogens is 258 g/mol. The van der Waals surface area contributed by atoms with E-state index in [1.54, 1.807) is 0 Å². The molecule has 18 heavy (non-hydrogen) atoms. The van der Waals surface area contributed by atoms with Crippen molar-refractivity contribution in [3.8, 4) is 0 Å². The number of hydrogen-bond acceptors (Lipinski definition) is 4. The summed E-state index contributed by atoms with van der Waals surface area (Å²) in [6.45, 7) is 0. The molecule has 0 fully saturated rings. The molecule has 0 amide bonds. The Kier molecular flexibility index (Phi) is 3.19. The molecule has 1 atom stereocenters. The number of allylic oxidation sites excluding steroid dienone is 3. The smallest absolute Gasteiger partial charge is 0.310 e. The first-order valence-corrected chi connectivity index (χ1v) is 6.59. The Morgan fingerprint density at radius 3 is 2.94 bits per heavy atom. The maximum absolute atomic E-state index is 11.8. The Hall–Kier alpha value is -2.09. The molecule has 2 rings (SSSR count). The van der Waals surface area contributed by atoms with Crippen molar-refractivity contribution < 1.29 is 18.3 Å². The minimum atomic E-state index is -3.73. The molecule has 0 bridgehead atoms. The fraction of sp³-hybridized carbons (Fsp3) is 0.200. The van der Waals surface area contributed by atoms with Gasteiger partial charge in [0.05, 0.1) is 18.4 Å². The van der Waals surface area contributed by atoms with Gasteiger partial charge in [0.25, 0.3) is 10.0 Å². The number of imidazole rings is 1. The van der Waals surface area contributed by atoms with Crippen LogP contribution in [0.15, 0.2) is 41.5 Å². The van der Waals surface area contributed by atoms with Crippen LogP contribution in [0.5, 0.6) is 0 Å². The molecule has 0 saturated heterocycles. The SMILES string of the molecule is O=C(O)C1C=CC=C(NS(=O)(=O)c2cnc[nH]2)C1. The molecule has 1 aliphatic rings. The van der Waals surface area contributed by atoms with Crippen molar-refractivity contribution in [3.63, 3.8) is 0 Å². The number of aliphatic carboxylic acids is 1. The molecule has 8 heteroatoms. The first-order chi connectivity index (χ1) is 8.49. The van der Waals surface area contributed by atoms with Gasteiger partial charge in [-0.15, -0.1) is 0 Å². The van der Waals surface area contributed by atoms with Crippen molar-refractivity contribution in [1.29, 1.82) is 0 Å². The second-order valence-corrected chi connectivity index (χ2v) is 5.40. The van der Waals surface area contributed by atoms with Crippen molar-refractivity contribution in [2.24, 2.45) is 5.92 Å². The molecular formula is C10H11N3O4S. The van der Waals surface area contributed by atoms with E-state index in [-0.39, 0.29) is 11.4 Å². The van der Waals surface area contributed by atoms with Crippen LogP contribution in [0.3, 0.4) is 0 Å². The van der Waals surface area contributed by atoms with Gasteiger partial charge in [0.15, 0.2) is 5.03 Å². The standard InChI is InChI=1S/C10H11N3O4S/c14-10(15)7-2-1-3-8(4-7)13-18(16,17)9-5-11-6-12-9/h1-3,5-7,13H,4H2,(H,11,12)(H,14,15). The molecule has 0 aliphatic heterocycles. The number of aromatic amines is 1. The maximum Gasteiger partial charge on any atom is 0.310 e. The molecule has 0 aromatic carbocycles. The van der Waals surface area contributed by atoms with Crippen LogP contribution >= 0.6 is 0 Å². The Labute approximate surface area is 103 Å². The lowest BCUT2D eigenvalue weighted by Crippen LogP contribution is -2.27. The van der Waals surface area contributed by atoms with E-state index in [0.717, 1.165) is 0 Å². The highest BCUT2D eigenvalue weighted by Crippen LogP contribution is 2.18. The van der Waals surface area contributed by atoms with Crippen molar-refractivity contribution in [2.75, 3.05) is 0 Å². The Morgan fingerprint density at radius 2 is 2.33 bits per heavy atom. The van der Waals surface area contributed by atoms with E-state index in [1.165, 1.54) is 30.8 Å². The van der Waals surface area contributed by atoms with E-state index in [2.05, 4.69) is 14.7 Å². The molecule has 0 saturated carbocycles. The summed E-state index contributed by atoms with van der Waals surface area (Å²) >= 11 is 0. The van der Waals surface area contributed by atoms with Gasteiger partial charge >= 0.3 is 5.97 Å². The van der Waals surface area contributed by atoms with E-state index < -0.39 is 21.9 Å². The Morgan fingerprint density at radius 1 is 1.56 bits per heavy atom. The molecule has 3 N–H and O–H groups in total. The summed E-state index contributed by atoms with van der Waals surface area (Å²) in [5.41, 5.74) is 0.333. The predicted molar refractivity (Wildman–Crippen MR) is 61.9 cm³/mol. The van der Waals surface area contributed by atoms with Gasteiger partial charge in [-0.3, -0.25) is 9.52 Å². The highest BCUT2D eigenvalue weighted by Gasteiger charge is 2.22. The third-order valence-electron chi connectivity index (χ3n) is 2.43. The number of nitrogens with one attached hydrogen (secondary N) is 2. The van der Waals surface area contributed by atoms with Gasteiger partial charge in [-0.2, -0.15) is 8.42 Å². The van der Waals surface area contributed by atoms with Crippen LogP contribution in [0.25, 0.3) is 0 Å². The number of nitrogens with zero attached hydrogens (tertiary/aromatic N) is 1. The average Bonchev–Trinajstić information content (AvgIpc) is 2.82. The van der Waals surface area contributed by atoms with Gasteiger partial charge < -0.3 is 10.1 Å². The molecule has 0 spiro atoms. The highest BCUT2D eigenvalue weighted by molar-refractivity contribution is 7.89. The van der Waals surface area contributed by atoms with E-state index in [9.17, 15) is 13.2 Å². The third-order valence-corrected chi connectivity index (χ3v) is 3.76. The highest BCUT2D eigenvalue weighted by atomic mass is 32.2. The number of hydrogen-bond donors (Lipinski definition) is 3. The first kappa shape index (κ1) is 12.4. The lowest BCUT2D eigenvalue weighted by molar-refractivity contribution is -0.140. The number of rotatable bonds is 4. The zero-order valence-corrected chi connectivity index (χ0v) is 10.0. The largest absolute Gasteiger partial charge is 0.481 e. The number of aromatic nitrogens is 2. The van der Waals surface area contributed by atoms with Crippen LogP contribution in [-0.4, -0.2) is 29.5 Å². The van der Waals surface area contributed by atoms with Gasteiger partial charge in [0.2, 0.25) is 0 Å². The van der Waals surface area contributed by atoms with E-state index in [4.69, 9.17) is 5.11 Å². The number of carbonyl (C=O) groups is 1. The zero-order chi connectivity index (χ0) is 13.2. The number of sulfonamides is 1. The van der Waals surface area contributed by atoms with Crippen LogP contribution in [-0.2, 0) is 14.8 Å². The second kappa shape index (κ2) is 4.65. The van der Waals surface area contributed by atoms with Crippen LogP contribution in [0.1, 0.15) is 6.42 Å². The summed E-state index contributed by atoms with van der Waals surface area (Å²) in [7, 11) is -3.73. The molecule has 1 aromatic rings. The number of H-pyrrole nitrogens is 1.